The smallest absolute Gasteiger partial charge is 0.224 e. The maximum Gasteiger partial charge on any atom is 0.224 e. The molecule has 0 aromatic carbocycles. The number of halogens is 1. The van der Waals surface area contributed by atoms with Gasteiger partial charge in [-0.15, -0.1) is 0 Å². The molecular weight excluding hydrogens is 291 g/mol. The summed E-state index contributed by atoms with van der Waals surface area (Å²) in [4.78, 5) is 9.30. The van der Waals surface area contributed by atoms with Gasteiger partial charge < -0.3 is 10.2 Å². The van der Waals surface area contributed by atoms with Gasteiger partial charge in [0.25, 0.3) is 0 Å². The van der Waals surface area contributed by atoms with Gasteiger partial charge in [-0.25, -0.2) is 17.8 Å². The van der Waals surface area contributed by atoms with Crippen molar-refractivity contribution in [3.63, 3.8) is 0 Å². The van der Waals surface area contributed by atoms with E-state index < -0.39 is 21.0 Å². The summed E-state index contributed by atoms with van der Waals surface area (Å²) in [5.41, 5.74) is 0. The number of nitrogens with one attached hydrogen (secondary N) is 1. The van der Waals surface area contributed by atoms with Crippen molar-refractivity contribution in [2.24, 2.45) is 0 Å². The van der Waals surface area contributed by atoms with Crippen LogP contribution >= 0.6 is 11.8 Å². The molecule has 9 heteroatoms. The van der Waals surface area contributed by atoms with Gasteiger partial charge in [-0.1, -0.05) is 0 Å². The van der Waals surface area contributed by atoms with Crippen molar-refractivity contribution >= 4 is 33.4 Å². The Hall–Kier alpha value is -1.09. The molecule has 1 fully saturated rings. The highest BCUT2D eigenvalue weighted by molar-refractivity contribution is 8.01. The van der Waals surface area contributed by atoms with E-state index in [9.17, 15) is 12.8 Å². The lowest BCUT2D eigenvalue weighted by molar-refractivity contribution is 0.573. The summed E-state index contributed by atoms with van der Waals surface area (Å²) in [7, 11) is -1.68. The molecule has 0 aliphatic carbocycles. The molecule has 1 atom stereocenters. The molecule has 0 bridgehead atoms. The molecule has 1 aliphatic rings. The van der Waals surface area contributed by atoms with Gasteiger partial charge in [0.1, 0.15) is 5.37 Å². The highest BCUT2D eigenvalue weighted by atomic mass is 32.2. The van der Waals surface area contributed by atoms with E-state index in [0.717, 1.165) is 18.2 Å². The molecule has 6 nitrogen and oxygen atoms in total. The number of rotatable bonds is 3. The van der Waals surface area contributed by atoms with Crippen LogP contribution in [0.2, 0.25) is 0 Å². The van der Waals surface area contributed by atoms with E-state index in [0.29, 0.717) is 12.3 Å². The lowest BCUT2D eigenvalue weighted by Crippen LogP contribution is -2.47. The summed E-state index contributed by atoms with van der Waals surface area (Å²) >= 11 is 1.54. The first-order valence-electron chi connectivity index (χ1n) is 5.67. The highest BCUT2D eigenvalue weighted by Gasteiger charge is 2.33. The molecule has 0 saturated carbocycles. The van der Waals surface area contributed by atoms with Gasteiger partial charge in [0, 0.05) is 31.4 Å². The molecule has 1 aromatic heterocycles. The first-order valence-corrected chi connectivity index (χ1v) is 8.78. The summed E-state index contributed by atoms with van der Waals surface area (Å²) in [6.07, 6.45) is 2.21. The van der Waals surface area contributed by atoms with Crippen molar-refractivity contribution in [3.05, 3.63) is 12.0 Å². The second-order valence-electron chi connectivity index (χ2n) is 4.17. The molecule has 0 radical (unpaired) electrons. The molecule has 1 aliphatic heterocycles. The van der Waals surface area contributed by atoms with Gasteiger partial charge in [-0.2, -0.15) is 16.7 Å². The number of hydrogen-bond acceptors (Lipinski definition) is 7. The van der Waals surface area contributed by atoms with E-state index in [1.807, 2.05) is 0 Å². The maximum atomic E-state index is 13.9. The number of sulfone groups is 1. The van der Waals surface area contributed by atoms with Crippen molar-refractivity contribution < 1.29 is 12.8 Å². The van der Waals surface area contributed by atoms with Crippen LogP contribution in [0.15, 0.2) is 6.20 Å². The molecule has 19 heavy (non-hydrogen) atoms. The topological polar surface area (TPSA) is 75.2 Å². The van der Waals surface area contributed by atoms with Crippen LogP contribution in [0.1, 0.15) is 0 Å². The summed E-state index contributed by atoms with van der Waals surface area (Å²) in [6.45, 7) is 0.444. The van der Waals surface area contributed by atoms with Gasteiger partial charge in [0.05, 0.1) is 6.20 Å². The van der Waals surface area contributed by atoms with Crippen molar-refractivity contribution in [3.8, 4) is 0 Å². The predicted molar refractivity (Wildman–Crippen MR) is 74.8 cm³/mol. The second kappa shape index (κ2) is 5.49. The Morgan fingerprint density at radius 1 is 1.58 bits per heavy atom. The molecule has 2 rings (SSSR count). The average molecular weight is 306 g/mol. The summed E-state index contributed by atoms with van der Waals surface area (Å²) in [5, 5.41) is 1.97. The summed E-state index contributed by atoms with van der Waals surface area (Å²) in [6, 6.07) is 0. The molecule has 0 amide bonds. The summed E-state index contributed by atoms with van der Waals surface area (Å²) < 4.78 is 37.5. The first kappa shape index (κ1) is 14.3. The van der Waals surface area contributed by atoms with Crippen LogP contribution in [0.5, 0.6) is 0 Å². The lowest BCUT2D eigenvalue weighted by Gasteiger charge is -2.35. The first-order chi connectivity index (χ1) is 8.93. The number of nitrogens with zero attached hydrogens (tertiary/aromatic N) is 3. The number of anilines is 2. The van der Waals surface area contributed by atoms with Crippen LogP contribution in [-0.4, -0.2) is 55.1 Å². The quantitative estimate of drug-likeness (QED) is 0.875. The molecule has 1 N–H and O–H groups in total. The van der Waals surface area contributed by atoms with E-state index >= 15 is 0 Å². The molecule has 1 saturated heterocycles. The van der Waals surface area contributed by atoms with Crippen LogP contribution in [0.3, 0.4) is 0 Å². The van der Waals surface area contributed by atoms with Gasteiger partial charge >= 0.3 is 0 Å². The standard InChI is InChI=1S/C10H15FN4O2S2/c1-12-10-13-5-7(11)9(14-10)15-3-4-18-6-8(15)19(2,16)17/h5,8H,3-4,6H2,1-2H3,(H,12,13,14). The van der Waals surface area contributed by atoms with Crippen LogP contribution in [0.4, 0.5) is 16.2 Å². The van der Waals surface area contributed by atoms with E-state index in [4.69, 9.17) is 0 Å². The molecule has 1 unspecified atom stereocenters. The zero-order valence-corrected chi connectivity index (χ0v) is 12.3. The Balaban J connectivity index is 2.42. The van der Waals surface area contributed by atoms with Gasteiger partial charge in [0.15, 0.2) is 21.5 Å². The van der Waals surface area contributed by atoms with Crippen LogP contribution in [-0.2, 0) is 9.84 Å². The number of thioether (sulfide) groups is 1. The Labute approximate surface area is 115 Å². The van der Waals surface area contributed by atoms with E-state index in [2.05, 4.69) is 15.3 Å². The van der Waals surface area contributed by atoms with Crippen molar-refractivity contribution in [2.75, 3.05) is 41.6 Å². The van der Waals surface area contributed by atoms with Crippen molar-refractivity contribution in [2.45, 2.75) is 5.37 Å². The third-order valence-electron chi connectivity index (χ3n) is 2.80. The van der Waals surface area contributed by atoms with E-state index in [1.54, 1.807) is 18.8 Å². The SMILES string of the molecule is CNc1ncc(F)c(N2CCSCC2S(C)(=O)=O)n1. The fourth-order valence-electron chi connectivity index (χ4n) is 1.86. The monoisotopic (exact) mass is 306 g/mol. The van der Waals surface area contributed by atoms with Crippen molar-refractivity contribution in [1.29, 1.82) is 0 Å². The van der Waals surface area contributed by atoms with Crippen LogP contribution in [0, 0.1) is 5.82 Å². The Bertz CT molecular complexity index is 567. The normalized spacial score (nSPS) is 20.4. The molecule has 106 valence electrons. The predicted octanol–water partition coefficient (Wildman–Crippen LogP) is 0.581. The van der Waals surface area contributed by atoms with E-state index in [1.165, 1.54) is 4.90 Å². The minimum atomic E-state index is -3.30. The zero-order valence-electron chi connectivity index (χ0n) is 10.6. The average Bonchev–Trinajstić information content (AvgIpc) is 2.38. The molecule has 0 spiro atoms. The van der Waals surface area contributed by atoms with Gasteiger partial charge in [-0.3, -0.25) is 0 Å². The highest BCUT2D eigenvalue weighted by Crippen LogP contribution is 2.27. The fraction of sp³-hybridized carbons (Fsp3) is 0.600. The van der Waals surface area contributed by atoms with Gasteiger partial charge in [-0.05, 0) is 0 Å². The number of hydrogen-bond donors (Lipinski definition) is 1. The van der Waals surface area contributed by atoms with Crippen molar-refractivity contribution in [1.82, 2.24) is 9.97 Å². The third kappa shape index (κ3) is 3.08. The molecule has 1 aromatic rings. The van der Waals surface area contributed by atoms with Crippen LogP contribution < -0.4 is 10.2 Å². The Kier molecular flexibility index (Phi) is 4.14. The fourth-order valence-corrected chi connectivity index (χ4v) is 4.68. The lowest BCUT2D eigenvalue weighted by atomic mass is 10.4. The maximum absolute atomic E-state index is 13.9. The minimum Gasteiger partial charge on any atom is -0.357 e. The second-order valence-corrected chi connectivity index (χ2v) is 7.52. The minimum absolute atomic E-state index is 0.0371. The van der Waals surface area contributed by atoms with Gasteiger partial charge in [0.2, 0.25) is 5.95 Å². The summed E-state index contributed by atoms with van der Waals surface area (Å²) in [5.74, 6) is 0.845. The largest absolute Gasteiger partial charge is 0.357 e. The van der Waals surface area contributed by atoms with E-state index in [-0.39, 0.29) is 11.8 Å². The number of aromatic nitrogens is 2. The Morgan fingerprint density at radius 3 is 2.95 bits per heavy atom. The zero-order chi connectivity index (χ0) is 14.0. The molecule has 2 heterocycles. The molecular formula is C10H15FN4O2S2. The van der Waals surface area contributed by atoms with Crippen LogP contribution in [0.25, 0.3) is 0 Å². The third-order valence-corrected chi connectivity index (χ3v) is 5.44. The Morgan fingerprint density at radius 2 is 2.32 bits per heavy atom.